The number of anilines is 1. The molecule has 0 radical (unpaired) electrons. The average molecular weight is 449 g/mol. The number of hydrogen-bond donors (Lipinski definition) is 1. The van der Waals surface area contributed by atoms with Gasteiger partial charge in [0.05, 0.1) is 16.8 Å². The highest BCUT2D eigenvalue weighted by Crippen LogP contribution is 2.44. The highest BCUT2D eigenvalue weighted by Gasteiger charge is 2.26. The van der Waals surface area contributed by atoms with Gasteiger partial charge in [-0.05, 0) is 77.4 Å². The number of ether oxygens (including phenoxy) is 1. The molecule has 0 aliphatic heterocycles. The van der Waals surface area contributed by atoms with Gasteiger partial charge in [0.2, 0.25) is 0 Å². The molecule has 0 saturated carbocycles. The molecular formula is C20H18BrFN2O2S. The first-order valence-corrected chi connectivity index (χ1v) is 10.5. The number of nitrogens with two attached hydrogens (primary N) is 1. The molecule has 0 fully saturated rings. The van der Waals surface area contributed by atoms with Gasteiger partial charge < -0.3 is 10.5 Å². The van der Waals surface area contributed by atoms with Crippen LogP contribution in [0.4, 0.5) is 10.1 Å². The smallest absolute Gasteiger partial charge is 0.350 e. The summed E-state index contributed by atoms with van der Waals surface area (Å²) >= 11 is 4.54. The standard InChI is InChI=1S/C20H18BrFN2O2S/c1-2-26-20(25)18-17(23)16-15(10-7-8-13(22)12(21)9-10)11-5-3-4-6-14(11)24-19(16)27-18/h7-9H,2-6,23H2,1H3. The Morgan fingerprint density at radius 1 is 1.37 bits per heavy atom. The van der Waals surface area contributed by atoms with Crippen LogP contribution in [0.15, 0.2) is 22.7 Å². The number of aromatic nitrogens is 1. The molecule has 2 aromatic heterocycles. The number of halogens is 2. The SMILES string of the molecule is CCOC(=O)c1sc2nc3c(c(-c4ccc(F)c(Br)c4)c2c1N)CCCC3. The lowest BCUT2D eigenvalue weighted by atomic mass is 9.87. The number of nitrogens with zero attached hydrogens (tertiary/aromatic N) is 1. The van der Waals surface area contributed by atoms with Crippen LogP contribution < -0.4 is 5.73 Å². The second-order valence-corrected chi connectivity index (χ2v) is 8.35. The molecule has 0 amide bonds. The van der Waals surface area contributed by atoms with E-state index in [1.807, 2.05) is 0 Å². The van der Waals surface area contributed by atoms with E-state index >= 15 is 0 Å². The lowest BCUT2D eigenvalue weighted by Crippen LogP contribution is -2.08. The second kappa shape index (κ2) is 7.20. The van der Waals surface area contributed by atoms with E-state index in [1.54, 1.807) is 19.1 Å². The Kier molecular flexibility index (Phi) is 4.90. The van der Waals surface area contributed by atoms with Crippen LogP contribution in [0.25, 0.3) is 21.3 Å². The molecule has 0 unspecified atom stereocenters. The number of carbonyl (C=O) groups is 1. The predicted molar refractivity (Wildman–Crippen MR) is 110 cm³/mol. The number of hydrogen-bond acceptors (Lipinski definition) is 5. The number of thiophene rings is 1. The highest BCUT2D eigenvalue weighted by molar-refractivity contribution is 9.10. The van der Waals surface area contributed by atoms with Gasteiger partial charge in [-0.1, -0.05) is 6.07 Å². The maximum atomic E-state index is 13.8. The number of esters is 1. The number of pyridine rings is 1. The molecule has 0 atom stereocenters. The summed E-state index contributed by atoms with van der Waals surface area (Å²) in [5.74, 6) is -0.745. The third-order valence-corrected chi connectivity index (χ3v) is 6.51. The molecule has 27 heavy (non-hydrogen) atoms. The summed E-state index contributed by atoms with van der Waals surface area (Å²) in [5.41, 5.74) is 10.8. The molecule has 2 N–H and O–H groups in total. The summed E-state index contributed by atoms with van der Waals surface area (Å²) in [6, 6.07) is 4.96. The van der Waals surface area contributed by atoms with Crippen LogP contribution in [0.1, 0.15) is 40.7 Å². The zero-order chi connectivity index (χ0) is 19.1. The molecule has 140 valence electrons. The molecule has 1 aromatic carbocycles. The monoisotopic (exact) mass is 448 g/mol. The number of benzene rings is 1. The van der Waals surface area contributed by atoms with Crippen molar-refractivity contribution in [3.63, 3.8) is 0 Å². The van der Waals surface area contributed by atoms with E-state index in [4.69, 9.17) is 15.5 Å². The lowest BCUT2D eigenvalue weighted by molar-refractivity contribution is 0.0533. The molecule has 0 saturated heterocycles. The second-order valence-electron chi connectivity index (χ2n) is 6.49. The Balaban J connectivity index is 2.04. The quantitative estimate of drug-likeness (QED) is 0.536. The van der Waals surface area contributed by atoms with Crippen molar-refractivity contribution in [1.82, 2.24) is 4.98 Å². The molecule has 4 rings (SSSR count). The minimum Gasteiger partial charge on any atom is -0.462 e. The van der Waals surface area contributed by atoms with Crippen molar-refractivity contribution in [3.8, 4) is 11.1 Å². The molecule has 0 spiro atoms. The van der Waals surface area contributed by atoms with E-state index in [-0.39, 0.29) is 12.4 Å². The van der Waals surface area contributed by atoms with Crippen molar-refractivity contribution < 1.29 is 13.9 Å². The van der Waals surface area contributed by atoms with E-state index in [1.165, 1.54) is 17.4 Å². The molecule has 1 aliphatic rings. The highest BCUT2D eigenvalue weighted by atomic mass is 79.9. The van der Waals surface area contributed by atoms with Gasteiger partial charge in [0.1, 0.15) is 15.5 Å². The van der Waals surface area contributed by atoms with Crippen molar-refractivity contribution in [2.24, 2.45) is 0 Å². The average Bonchev–Trinajstić information content (AvgIpc) is 2.99. The third-order valence-electron chi connectivity index (χ3n) is 4.82. The van der Waals surface area contributed by atoms with Crippen LogP contribution >= 0.6 is 27.3 Å². The number of nitrogen functional groups attached to an aromatic ring is 1. The minimum absolute atomic E-state index is 0.286. The first-order chi connectivity index (χ1) is 13.0. The Hall–Kier alpha value is -1.99. The Morgan fingerprint density at radius 2 is 2.15 bits per heavy atom. The molecule has 1 aliphatic carbocycles. The van der Waals surface area contributed by atoms with Crippen molar-refractivity contribution in [3.05, 3.63) is 44.6 Å². The molecule has 2 heterocycles. The molecule has 3 aromatic rings. The number of fused-ring (bicyclic) bond motifs is 2. The summed E-state index contributed by atoms with van der Waals surface area (Å²) < 4.78 is 19.3. The van der Waals surface area contributed by atoms with Crippen molar-refractivity contribution in [1.29, 1.82) is 0 Å². The number of rotatable bonds is 3. The van der Waals surface area contributed by atoms with Gasteiger partial charge in [-0.3, -0.25) is 0 Å². The van der Waals surface area contributed by atoms with Crippen LogP contribution in [-0.4, -0.2) is 17.6 Å². The fourth-order valence-corrected chi connectivity index (χ4v) is 5.02. The van der Waals surface area contributed by atoms with E-state index in [0.717, 1.165) is 58.3 Å². The topological polar surface area (TPSA) is 65.2 Å². The van der Waals surface area contributed by atoms with Gasteiger partial charge in [-0.2, -0.15) is 0 Å². The Labute approximate surface area is 168 Å². The van der Waals surface area contributed by atoms with Gasteiger partial charge >= 0.3 is 5.97 Å². The summed E-state index contributed by atoms with van der Waals surface area (Å²) in [5, 5.41) is 0.766. The third kappa shape index (κ3) is 3.12. The van der Waals surface area contributed by atoms with Crippen LogP contribution in [0.2, 0.25) is 0 Å². The zero-order valence-electron chi connectivity index (χ0n) is 14.8. The van der Waals surface area contributed by atoms with E-state index in [9.17, 15) is 9.18 Å². The first-order valence-electron chi connectivity index (χ1n) is 8.87. The summed E-state index contributed by atoms with van der Waals surface area (Å²) in [4.78, 5) is 18.2. The van der Waals surface area contributed by atoms with Crippen molar-refractivity contribution >= 4 is 49.1 Å². The fraction of sp³-hybridized carbons (Fsp3) is 0.300. The van der Waals surface area contributed by atoms with Gasteiger partial charge in [-0.25, -0.2) is 14.2 Å². The van der Waals surface area contributed by atoms with Gasteiger partial charge in [0.25, 0.3) is 0 Å². The Morgan fingerprint density at radius 3 is 2.89 bits per heavy atom. The Bertz CT molecular complexity index is 1060. The largest absolute Gasteiger partial charge is 0.462 e. The van der Waals surface area contributed by atoms with Gasteiger partial charge in [0, 0.05) is 11.1 Å². The van der Waals surface area contributed by atoms with Crippen molar-refractivity contribution in [2.45, 2.75) is 32.6 Å². The number of aryl methyl sites for hydroxylation is 1. The molecule has 4 nitrogen and oxygen atoms in total. The molecular weight excluding hydrogens is 431 g/mol. The predicted octanol–water partition coefficient (Wildman–Crippen LogP) is 5.50. The normalized spacial score (nSPS) is 13.6. The lowest BCUT2D eigenvalue weighted by Gasteiger charge is -2.20. The van der Waals surface area contributed by atoms with Gasteiger partial charge in [0.15, 0.2) is 0 Å². The van der Waals surface area contributed by atoms with Crippen LogP contribution in [0.5, 0.6) is 0 Å². The summed E-state index contributed by atoms with van der Waals surface area (Å²) in [7, 11) is 0. The summed E-state index contributed by atoms with van der Waals surface area (Å²) in [6.45, 7) is 2.05. The first kappa shape index (κ1) is 18.4. The van der Waals surface area contributed by atoms with Gasteiger partial charge in [-0.15, -0.1) is 11.3 Å². The van der Waals surface area contributed by atoms with Crippen LogP contribution in [0, 0.1) is 5.82 Å². The molecule has 7 heteroatoms. The summed E-state index contributed by atoms with van der Waals surface area (Å²) in [6.07, 6.45) is 3.95. The van der Waals surface area contributed by atoms with Crippen LogP contribution in [0.3, 0.4) is 0 Å². The minimum atomic E-state index is -0.429. The van der Waals surface area contributed by atoms with E-state index in [0.29, 0.717) is 15.0 Å². The fourth-order valence-electron chi connectivity index (χ4n) is 3.63. The maximum absolute atomic E-state index is 13.8. The van der Waals surface area contributed by atoms with E-state index in [2.05, 4.69) is 15.9 Å². The van der Waals surface area contributed by atoms with Crippen molar-refractivity contribution in [2.75, 3.05) is 12.3 Å². The van der Waals surface area contributed by atoms with Crippen LogP contribution in [-0.2, 0) is 17.6 Å². The zero-order valence-corrected chi connectivity index (χ0v) is 17.2. The maximum Gasteiger partial charge on any atom is 0.350 e. The molecule has 0 bridgehead atoms. The number of carbonyl (C=O) groups excluding carboxylic acids is 1. The van der Waals surface area contributed by atoms with E-state index < -0.39 is 5.97 Å².